The third-order valence-corrected chi connectivity index (χ3v) is 1.71. The van der Waals surface area contributed by atoms with Gasteiger partial charge in [0.25, 0.3) is 0 Å². The van der Waals surface area contributed by atoms with Gasteiger partial charge >= 0.3 is 0 Å². The Kier molecular flexibility index (Phi) is 2.67. The molecule has 5 heteroatoms. The van der Waals surface area contributed by atoms with Crippen LogP contribution >= 0.6 is 0 Å². The normalized spacial score (nSPS) is 12.0. The first kappa shape index (κ1) is 9.29. The number of hydrogen-bond acceptors (Lipinski definition) is 4. The number of aromatic nitrogens is 1. The van der Waals surface area contributed by atoms with Gasteiger partial charge in [-0.15, -0.1) is 0 Å². The van der Waals surface area contributed by atoms with Gasteiger partial charge in [-0.25, -0.2) is 0 Å². The molecule has 68 valence electrons. The van der Waals surface area contributed by atoms with E-state index in [1.807, 2.05) is 6.07 Å². The molecular weight excluding hydrogens is 168 g/mol. The largest absolute Gasteiger partial charge is 0.394 e. The highest BCUT2D eigenvalue weighted by atomic mass is 16.1. The number of hydrogen-bond donors (Lipinski definition) is 3. The molecule has 1 aromatic heterocycles. The Morgan fingerprint density at radius 3 is 2.92 bits per heavy atom. The van der Waals surface area contributed by atoms with Crippen LogP contribution in [0.2, 0.25) is 0 Å². The number of nitrogens with zero attached hydrogens (tertiary/aromatic N) is 1. The van der Waals surface area contributed by atoms with Gasteiger partial charge in [0.15, 0.2) is 0 Å². The van der Waals surface area contributed by atoms with Gasteiger partial charge < -0.3 is 16.5 Å². The standard InChI is InChI=1S/C8H10N4O/c9-2-1-6(10)5-3-12-4-7(11)8(5)13/h3-4,6H,1,10-11H2,(H,12,13)/t6-/m0/s1. The molecule has 0 radical (unpaired) electrons. The van der Waals surface area contributed by atoms with Gasteiger partial charge in [0.2, 0.25) is 5.43 Å². The molecule has 0 saturated carbocycles. The van der Waals surface area contributed by atoms with Crippen molar-refractivity contribution in [2.45, 2.75) is 12.5 Å². The highest BCUT2D eigenvalue weighted by Crippen LogP contribution is 2.08. The minimum absolute atomic E-state index is 0.104. The average Bonchev–Trinajstić information content (AvgIpc) is 2.10. The van der Waals surface area contributed by atoms with Crippen molar-refractivity contribution >= 4 is 5.69 Å². The first-order valence-corrected chi connectivity index (χ1v) is 3.75. The summed E-state index contributed by atoms with van der Waals surface area (Å²) in [7, 11) is 0. The molecule has 13 heavy (non-hydrogen) atoms. The molecule has 5 nitrogen and oxygen atoms in total. The van der Waals surface area contributed by atoms with Crippen molar-refractivity contribution in [2.24, 2.45) is 5.73 Å². The Morgan fingerprint density at radius 2 is 2.31 bits per heavy atom. The van der Waals surface area contributed by atoms with Gasteiger partial charge in [-0.1, -0.05) is 0 Å². The number of nitrogens with one attached hydrogen (secondary N) is 1. The molecule has 0 aliphatic heterocycles. The van der Waals surface area contributed by atoms with Crippen molar-refractivity contribution in [1.29, 1.82) is 5.26 Å². The summed E-state index contributed by atoms with van der Waals surface area (Å²) in [4.78, 5) is 14.0. The van der Waals surface area contributed by atoms with Crippen LogP contribution in [0.4, 0.5) is 5.69 Å². The highest BCUT2D eigenvalue weighted by molar-refractivity contribution is 5.38. The van der Waals surface area contributed by atoms with E-state index in [1.165, 1.54) is 12.4 Å². The molecule has 1 rings (SSSR count). The van der Waals surface area contributed by atoms with Crippen molar-refractivity contribution in [3.63, 3.8) is 0 Å². The Labute approximate surface area is 75.0 Å². The Bertz CT molecular complexity index is 390. The van der Waals surface area contributed by atoms with Crippen molar-refractivity contribution in [3.8, 4) is 6.07 Å². The van der Waals surface area contributed by atoms with Gasteiger partial charge in [0, 0.05) is 24.0 Å². The molecule has 0 aliphatic rings. The summed E-state index contributed by atoms with van der Waals surface area (Å²) in [6.07, 6.45) is 2.97. The van der Waals surface area contributed by atoms with Crippen LogP contribution in [0.5, 0.6) is 0 Å². The molecule has 0 unspecified atom stereocenters. The lowest BCUT2D eigenvalue weighted by Gasteiger charge is -2.06. The van der Waals surface area contributed by atoms with E-state index in [0.29, 0.717) is 5.56 Å². The number of nitrogen functional groups attached to an aromatic ring is 1. The van der Waals surface area contributed by atoms with Crippen LogP contribution in [0.1, 0.15) is 18.0 Å². The maximum Gasteiger partial charge on any atom is 0.209 e. The summed E-state index contributed by atoms with van der Waals surface area (Å²) in [5, 5.41) is 8.38. The van der Waals surface area contributed by atoms with Gasteiger partial charge in [-0.05, 0) is 0 Å². The maximum absolute atomic E-state index is 11.4. The lowest BCUT2D eigenvalue weighted by Crippen LogP contribution is -2.21. The molecule has 0 fully saturated rings. The highest BCUT2D eigenvalue weighted by Gasteiger charge is 2.10. The first-order valence-electron chi connectivity index (χ1n) is 3.75. The molecule has 5 N–H and O–H groups in total. The first-order chi connectivity index (χ1) is 6.16. The van der Waals surface area contributed by atoms with Gasteiger partial charge in [-0.3, -0.25) is 4.79 Å². The van der Waals surface area contributed by atoms with E-state index in [1.54, 1.807) is 0 Å². The van der Waals surface area contributed by atoms with E-state index in [4.69, 9.17) is 16.7 Å². The maximum atomic E-state index is 11.4. The molecule has 0 amide bonds. The third-order valence-electron chi connectivity index (χ3n) is 1.71. The smallest absolute Gasteiger partial charge is 0.209 e. The summed E-state index contributed by atoms with van der Waals surface area (Å²) in [5.74, 6) is 0. The second-order valence-electron chi connectivity index (χ2n) is 2.66. The zero-order valence-electron chi connectivity index (χ0n) is 6.95. The summed E-state index contributed by atoms with van der Waals surface area (Å²) in [6, 6.07) is 1.32. The summed E-state index contributed by atoms with van der Waals surface area (Å²) in [5.41, 5.74) is 11.1. The number of nitriles is 1. The van der Waals surface area contributed by atoms with E-state index in [-0.39, 0.29) is 17.5 Å². The van der Waals surface area contributed by atoms with Crippen LogP contribution in [0.15, 0.2) is 17.2 Å². The third kappa shape index (κ3) is 1.86. The van der Waals surface area contributed by atoms with Crippen LogP contribution in [0.3, 0.4) is 0 Å². The number of H-pyrrole nitrogens is 1. The number of pyridine rings is 1. The molecule has 1 atom stereocenters. The lowest BCUT2D eigenvalue weighted by molar-refractivity contribution is 0.738. The van der Waals surface area contributed by atoms with Gasteiger partial charge in [0.05, 0.1) is 18.2 Å². The number of nitrogens with two attached hydrogens (primary N) is 2. The molecular formula is C8H10N4O. The van der Waals surface area contributed by atoms with E-state index in [0.717, 1.165) is 0 Å². The molecule has 0 aromatic carbocycles. The number of rotatable bonds is 2. The minimum atomic E-state index is -0.572. The van der Waals surface area contributed by atoms with Crippen molar-refractivity contribution in [2.75, 3.05) is 5.73 Å². The number of anilines is 1. The lowest BCUT2D eigenvalue weighted by atomic mass is 10.1. The van der Waals surface area contributed by atoms with Crippen LogP contribution in [0.25, 0.3) is 0 Å². The second kappa shape index (κ2) is 3.74. The van der Waals surface area contributed by atoms with E-state index >= 15 is 0 Å². The molecule has 0 saturated heterocycles. The van der Waals surface area contributed by atoms with E-state index in [2.05, 4.69) is 4.98 Å². The topological polar surface area (TPSA) is 109 Å². The summed E-state index contributed by atoms with van der Waals surface area (Å²) >= 11 is 0. The molecule has 1 aromatic rings. The quantitative estimate of drug-likeness (QED) is 0.586. The molecule has 1 heterocycles. The SMILES string of the molecule is N#CC[C@H](N)c1c[nH]cc(N)c1=O. The Morgan fingerprint density at radius 1 is 1.62 bits per heavy atom. The molecule has 0 bridgehead atoms. The fraction of sp³-hybridized carbons (Fsp3) is 0.250. The van der Waals surface area contributed by atoms with Gasteiger partial charge in [-0.2, -0.15) is 5.26 Å². The van der Waals surface area contributed by atoms with Crippen LogP contribution < -0.4 is 16.9 Å². The Hall–Kier alpha value is -1.80. The predicted octanol–water partition coefficient (Wildman–Crippen LogP) is -0.129. The van der Waals surface area contributed by atoms with E-state index < -0.39 is 6.04 Å². The minimum Gasteiger partial charge on any atom is -0.394 e. The van der Waals surface area contributed by atoms with Crippen LogP contribution in [-0.4, -0.2) is 4.98 Å². The van der Waals surface area contributed by atoms with Crippen molar-refractivity contribution in [1.82, 2.24) is 4.98 Å². The average molecular weight is 178 g/mol. The predicted molar refractivity (Wildman–Crippen MR) is 48.6 cm³/mol. The Balaban J connectivity index is 3.10. The summed E-state index contributed by atoms with van der Waals surface area (Å²) in [6.45, 7) is 0. The molecule has 0 spiro atoms. The monoisotopic (exact) mass is 178 g/mol. The second-order valence-corrected chi connectivity index (χ2v) is 2.66. The zero-order chi connectivity index (χ0) is 9.84. The van der Waals surface area contributed by atoms with Crippen LogP contribution in [0, 0.1) is 11.3 Å². The van der Waals surface area contributed by atoms with Crippen LogP contribution in [-0.2, 0) is 0 Å². The fourth-order valence-electron chi connectivity index (χ4n) is 1.00. The fourth-order valence-corrected chi connectivity index (χ4v) is 1.00. The van der Waals surface area contributed by atoms with Crippen molar-refractivity contribution < 1.29 is 0 Å². The summed E-state index contributed by atoms with van der Waals surface area (Å²) < 4.78 is 0. The molecule has 0 aliphatic carbocycles. The van der Waals surface area contributed by atoms with E-state index in [9.17, 15) is 4.79 Å². The van der Waals surface area contributed by atoms with Gasteiger partial charge in [0.1, 0.15) is 0 Å². The van der Waals surface area contributed by atoms with Crippen molar-refractivity contribution in [3.05, 3.63) is 28.2 Å². The zero-order valence-corrected chi connectivity index (χ0v) is 6.95. The number of aromatic amines is 1.